The topological polar surface area (TPSA) is 73.8 Å². The average molecular weight is 603 g/mol. The van der Waals surface area contributed by atoms with Crippen molar-refractivity contribution in [3.63, 3.8) is 0 Å². The molecular weight excluding hydrogens is 560 g/mol. The SMILES string of the molecule is COc1c(OC)c2c3c(c(-c4c(C)cc5c(C(C)C)c(OC)c(OC)c6c5c4OC6OC)c(C)cc3c1C(C)C)OC2OC. The van der Waals surface area contributed by atoms with Crippen LogP contribution in [0, 0.1) is 13.8 Å². The molecule has 0 fully saturated rings. The lowest BCUT2D eigenvalue weighted by Crippen LogP contribution is -2.08. The van der Waals surface area contributed by atoms with Gasteiger partial charge in [0, 0.05) is 47.2 Å². The first kappa shape index (κ1) is 30.2. The Labute approximate surface area is 259 Å². The summed E-state index contributed by atoms with van der Waals surface area (Å²) in [5.41, 5.74) is 7.74. The molecular formula is C36H42O8. The van der Waals surface area contributed by atoms with Gasteiger partial charge < -0.3 is 37.9 Å². The van der Waals surface area contributed by atoms with Crippen molar-refractivity contribution in [2.45, 2.75) is 66.0 Å². The smallest absolute Gasteiger partial charge is 0.231 e. The zero-order valence-corrected chi connectivity index (χ0v) is 27.7. The minimum absolute atomic E-state index is 0.165. The van der Waals surface area contributed by atoms with Crippen LogP contribution in [-0.2, 0) is 9.47 Å². The van der Waals surface area contributed by atoms with Crippen molar-refractivity contribution >= 4 is 21.5 Å². The number of hydrogen-bond acceptors (Lipinski definition) is 8. The van der Waals surface area contributed by atoms with Crippen LogP contribution < -0.4 is 28.4 Å². The number of rotatable bonds is 9. The molecule has 0 saturated heterocycles. The van der Waals surface area contributed by atoms with Gasteiger partial charge in [0.05, 0.1) is 39.6 Å². The summed E-state index contributed by atoms with van der Waals surface area (Å²) < 4.78 is 49.2. The van der Waals surface area contributed by atoms with E-state index in [4.69, 9.17) is 37.9 Å². The van der Waals surface area contributed by atoms with E-state index in [9.17, 15) is 0 Å². The molecule has 8 nitrogen and oxygen atoms in total. The van der Waals surface area contributed by atoms with Crippen LogP contribution in [0.2, 0.25) is 0 Å². The first-order valence-electron chi connectivity index (χ1n) is 15.0. The fraction of sp³-hybridized carbons (Fsp3) is 0.444. The van der Waals surface area contributed by atoms with Crippen LogP contribution in [0.25, 0.3) is 32.7 Å². The zero-order valence-electron chi connectivity index (χ0n) is 27.7. The second-order valence-electron chi connectivity index (χ2n) is 12.1. The van der Waals surface area contributed by atoms with Gasteiger partial charge in [0.2, 0.25) is 12.6 Å². The van der Waals surface area contributed by atoms with Gasteiger partial charge in [-0.1, -0.05) is 39.8 Å². The summed E-state index contributed by atoms with van der Waals surface area (Å²) >= 11 is 0. The van der Waals surface area contributed by atoms with Crippen molar-refractivity contribution in [2.24, 2.45) is 0 Å². The number of aryl methyl sites for hydroxylation is 2. The van der Waals surface area contributed by atoms with E-state index in [0.717, 1.165) is 77.6 Å². The van der Waals surface area contributed by atoms with Gasteiger partial charge in [-0.05, 0) is 47.6 Å². The average Bonchev–Trinajstić information content (AvgIpc) is 3.57. The standard InChI is InChI=1S/C36H42O8/c1-15(2)21-19-13-17(5)23(29-25(19)27(35(41-11)43-29)33(39-9)31(21)37-7)24-18(6)14-20-22(16(3)4)32(38-8)34(40-10)28-26(20)30(24)44-36(28)42-12/h13-16,35-36H,1-12H3. The van der Waals surface area contributed by atoms with Crippen molar-refractivity contribution in [1.82, 2.24) is 0 Å². The Morgan fingerprint density at radius 2 is 0.886 bits per heavy atom. The van der Waals surface area contributed by atoms with Gasteiger partial charge >= 0.3 is 0 Å². The summed E-state index contributed by atoms with van der Waals surface area (Å²) in [6.07, 6.45) is -1.35. The molecule has 0 bridgehead atoms. The van der Waals surface area contributed by atoms with Gasteiger partial charge in [-0.2, -0.15) is 0 Å². The molecule has 6 rings (SSSR count). The van der Waals surface area contributed by atoms with Crippen LogP contribution >= 0.6 is 0 Å². The van der Waals surface area contributed by atoms with E-state index in [0.29, 0.717) is 23.0 Å². The predicted octanol–water partition coefficient (Wildman–Crippen LogP) is 8.63. The van der Waals surface area contributed by atoms with Crippen LogP contribution in [-0.4, -0.2) is 42.7 Å². The molecule has 0 saturated carbocycles. The molecule has 234 valence electrons. The number of hydrogen-bond donors (Lipinski definition) is 0. The van der Waals surface area contributed by atoms with Gasteiger partial charge in [-0.3, -0.25) is 0 Å². The van der Waals surface area contributed by atoms with Gasteiger partial charge in [0.1, 0.15) is 11.5 Å². The van der Waals surface area contributed by atoms with Crippen LogP contribution in [0.5, 0.6) is 34.5 Å². The van der Waals surface area contributed by atoms with E-state index in [1.165, 1.54) is 0 Å². The Morgan fingerprint density at radius 3 is 1.16 bits per heavy atom. The predicted molar refractivity (Wildman–Crippen MR) is 172 cm³/mol. The first-order valence-corrected chi connectivity index (χ1v) is 15.0. The summed E-state index contributed by atoms with van der Waals surface area (Å²) in [4.78, 5) is 0. The van der Waals surface area contributed by atoms with E-state index in [-0.39, 0.29) is 11.8 Å². The summed E-state index contributed by atoms with van der Waals surface area (Å²) in [7, 11) is 9.96. The van der Waals surface area contributed by atoms with E-state index >= 15 is 0 Å². The minimum atomic E-state index is -0.674. The van der Waals surface area contributed by atoms with E-state index in [1.54, 1.807) is 42.7 Å². The second kappa shape index (κ2) is 10.9. The van der Waals surface area contributed by atoms with Gasteiger partial charge in [0.25, 0.3) is 0 Å². The van der Waals surface area contributed by atoms with Crippen LogP contribution in [0.3, 0.4) is 0 Å². The molecule has 0 amide bonds. The van der Waals surface area contributed by atoms with Gasteiger partial charge in [-0.25, -0.2) is 0 Å². The molecule has 4 aromatic carbocycles. The molecule has 0 radical (unpaired) electrons. The highest BCUT2D eigenvalue weighted by Gasteiger charge is 2.41. The zero-order chi connectivity index (χ0) is 31.8. The molecule has 2 aliphatic heterocycles. The molecule has 44 heavy (non-hydrogen) atoms. The summed E-state index contributed by atoms with van der Waals surface area (Å²) in [5, 5.41) is 4.04. The van der Waals surface area contributed by atoms with E-state index in [1.807, 2.05) is 0 Å². The molecule has 0 aliphatic carbocycles. The van der Waals surface area contributed by atoms with Crippen molar-refractivity contribution in [1.29, 1.82) is 0 Å². The van der Waals surface area contributed by atoms with E-state index < -0.39 is 12.6 Å². The lowest BCUT2D eigenvalue weighted by molar-refractivity contribution is -0.0492. The molecule has 2 aliphatic rings. The third kappa shape index (κ3) is 3.90. The Hall–Kier alpha value is -3.88. The maximum Gasteiger partial charge on any atom is 0.231 e. The largest absolute Gasteiger partial charge is 0.493 e. The summed E-state index contributed by atoms with van der Waals surface area (Å²) in [5.74, 6) is 4.46. The fourth-order valence-electron chi connectivity index (χ4n) is 7.42. The highest BCUT2D eigenvalue weighted by Crippen LogP contribution is 2.61. The van der Waals surface area contributed by atoms with Gasteiger partial charge in [-0.15, -0.1) is 0 Å². The first-order chi connectivity index (χ1) is 21.1. The van der Waals surface area contributed by atoms with Gasteiger partial charge in [0.15, 0.2) is 23.0 Å². The molecule has 8 heteroatoms. The third-order valence-corrected chi connectivity index (χ3v) is 9.04. The second-order valence-corrected chi connectivity index (χ2v) is 12.1. The molecule has 0 N–H and O–H groups in total. The summed E-state index contributed by atoms with van der Waals surface area (Å²) in [6, 6.07) is 4.45. The number of ether oxygens (including phenoxy) is 8. The lowest BCUT2D eigenvalue weighted by atomic mass is 9.84. The Morgan fingerprint density at radius 1 is 0.545 bits per heavy atom. The minimum Gasteiger partial charge on any atom is -0.493 e. The number of benzene rings is 4. The Bertz CT molecular complexity index is 1690. The molecule has 2 heterocycles. The van der Waals surface area contributed by atoms with Crippen molar-refractivity contribution in [3.8, 4) is 45.6 Å². The highest BCUT2D eigenvalue weighted by atomic mass is 16.7. The van der Waals surface area contributed by atoms with Crippen LogP contribution in [0.4, 0.5) is 0 Å². The maximum atomic E-state index is 6.71. The molecule has 4 aromatic rings. The van der Waals surface area contributed by atoms with Crippen molar-refractivity contribution in [3.05, 3.63) is 45.5 Å². The molecule has 0 spiro atoms. The molecule has 2 atom stereocenters. The Kier molecular flexibility index (Phi) is 7.49. The highest BCUT2D eigenvalue weighted by molar-refractivity contribution is 6.10. The van der Waals surface area contributed by atoms with Crippen LogP contribution in [0.15, 0.2) is 12.1 Å². The fourth-order valence-corrected chi connectivity index (χ4v) is 7.42. The third-order valence-electron chi connectivity index (χ3n) is 9.04. The maximum absolute atomic E-state index is 6.71. The number of methoxy groups -OCH3 is 6. The summed E-state index contributed by atoms with van der Waals surface area (Å²) in [6.45, 7) is 12.9. The van der Waals surface area contributed by atoms with Crippen molar-refractivity contribution in [2.75, 3.05) is 42.7 Å². The normalized spacial score (nSPS) is 16.7. The molecule has 0 aromatic heterocycles. The Balaban J connectivity index is 1.80. The quantitative estimate of drug-likeness (QED) is 0.189. The van der Waals surface area contributed by atoms with Crippen molar-refractivity contribution < 1.29 is 37.9 Å². The monoisotopic (exact) mass is 602 g/mol. The molecule has 2 unspecified atom stereocenters. The van der Waals surface area contributed by atoms with Crippen LogP contribution in [0.1, 0.15) is 85.5 Å². The van der Waals surface area contributed by atoms with E-state index in [2.05, 4.69) is 53.7 Å². The lowest BCUT2D eigenvalue weighted by Gasteiger charge is -2.23.